The molecule has 10 rings (SSSR count). The molecule has 0 saturated carbocycles. The molecule has 0 atom stereocenters. The molecular weight excluding hydrogens is 615 g/mol. The fourth-order valence-corrected chi connectivity index (χ4v) is 6.91. The molecular formula is C45H27N3O2. The van der Waals surface area contributed by atoms with Gasteiger partial charge in [-0.25, -0.2) is 15.0 Å². The Balaban J connectivity index is 1.16. The van der Waals surface area contributed by atoms with E-state index < -0.39 is 0 Å². The fraction of sp³-hybridized carbons (Fsp3) is 0. The summed E-state index contributed by atoms with van der Waals surface area (Å²) in [6.45, 7) is 0. The van der Waals surface area contributed by atoms with E-state index in [0.717, 1.165) is 82.8 Å². The lowest BCUT2D eigenvalue weighted by molar-refractivity contribution is 0.669. The summed E-state index contributed by atoms with van der Waals surface area (Å²) in [6.07, 6.45) is 0. The van der Waals surface area contributed by atoms with E-state index in [0.29, 0.717) is 17.5 Å². The molecule has 10 aromatic rings. The summed E-state index contributed by atoms with van der Waals surface area (Å²) in [5.41, 5.74) is 10.2. The highest BCUT2D eigenvalue weighted by Crippen LogP contribution is 2.40. The maximum atomic E-state index is 6.46. The van der Waals surface area contributed by atoms with E-state index in [2.05, 4.69) is 78.9 Å². The molecule has 50 heavy (non-hydrogen) atoms. The lowest BCUT2D eigenvalue weighted by atomic mass is 9.97. The van der Waals surface area contributed by atoms with Gasteiger partial charge in [-0.1, -0.05) is 121 Å². The van der Waals surface area contributed by atoms with Gasteiger partial charge in [0.15, 0.2) is 17.5 Å². The second kappa shape index (κ2) is 11.4. The number of aromatic nitrogens is 3. The van der Waals surface area contributed by atoms with Crippen LogP contribution >= 0.6 is 0 Å². The van der Waals surface area contributed by atoms with E-state index in [1.165, 1.54) is 0 Å². The Morgan fingerprint density at radius 2 is 0.800 bits per heavy atom. The normalized spacial score (nSPS) is 11.6. The molecule has 5 nitrogen and oxygen atoms in total. The molecule has 0 aliphatic heterocycles. The van der Waals surface area contributed by atoms with Crippen LogP contribution in [-0.2, 0) is 0 Å². The van der Waals surface area contributed by atoms with Gasteiger partial charge in [-0.3, -0.25) is 0 Å². The Morgan fingerprint density at radius 3 is 1.50 bits per heavy atom. The van der Waals surface area contributed by atoms with Gasteiger partial charge < -0.3 is 8.83 Å². The number of furan rings is 2. The molecule has 7 aromatic carbocycles. The summed E-state index contributed by atoms with van der Waals surface area (Å²) < 4.78 is 12.9. The summed E-state index contributed by atoms with van der Waals surface area (Å²) in [4.78, 5) is 15.2. The number of fused-ring (bicyclic) bond motifs is 6. The van der Waals surface area contributed by atoms with Gasteiger partial charge in [-0.2, -0.15) is 0 Å². The molecule has 0 spiro atoms. The Bertz CT molecular complexity index is 2860. The molecule has 5 heteroatoms. The van der Waals surface area contributed by atoms with E-state index in [1.807, 2.05) is 84.9 Å². The summed E-state index contributed by atoms with van der Waals surface area (Å²) in [6, 6.07) is 55.7. The molecule has 0 N–H and O–H groups in total. The molecule has 3 aromatic heterocycles. The topological polar surface area (TPSA) is 65.0 Å². The monoisotopic (exact) mass is 641 g/mol. The molecule has 0 unspecified atom stereocenters. The van der Waals surface area contributed by atoms with Crippen molar-refractivity contribution in [2.75, 3.05) is 0 Å². The lowest BCUT2D eigenvalue weighted by Crippen LogP contribution is -2.00. The highest BCUT2D eigenvalue weighted by molar-refractivity contribution is 6.13. The first-order valence-corrected chi connectivity index (χ1v) is 16.6. The van der Waals surface area contributed by atoms with Crippen molar-refractivity contribution in [3.8, 4) is 56.4 Å². The quantitative estimate of drug-likeness (QED) is 0.187. The maximum absolute atomic E-state index is 6.46. The van der Waals surface area contributed by atoms with Crippen molar-refractivity contribution >= 4 is 43.9 Å². The minimum Gasteiger partial charge on any atom is -0.456 e. The van der Waals surface area contributed by atoms with Gasteiger partial charge in [0.25, 0.3) is 0 Å². The van der Waals surface area contributed by atoms with Crippen LogP contribution in [0.25, 0.3) is 100 Å². The molecule has 0 aliphatic carbocycles. The van der Waals surface area contributed by atoms with Crippen LogP contribution in [-0.4, -0.2) is 15.0 Å². The van der Waals surface area contributed by atoms with Gasteiger partial charge in [0.05, 0.1) is 0 Å². The minimum atomic E-state index is 0.561. The number of benzene rings is 7. The second-order valence-electron chi connectivity index (χ2n) is 12.4. The van der Waals surface area contributed by atoms with Gasteiger partial charge in [-0.15, -0.1) is 0 Å². The molecule has 0 amide bonds. The van der Waals surface area contributed by atoms with Crippen LogP contribution in [0.4, 0.5) is 0 Å². The molecule has 0 fully saturated rings. The lowest BCUT2D eigenvalue weighted by Gasteiger charge is -2.11. The first kappa shape index (κ1) is 28.2. The Labute approximate surface area is 287 Å². The highest BCUT2D eigenvalue weighted by atomic mass is 16.3. The van der Waals surface area contributed by atoms with E-state index in [-0.39, 0.29) is 0 Å². The number of para-hydroxylation sites is 1. The van der Waals surface area contributed by atoms with E-state index in [1.54, 1.807) is 0 Å². The van der Waals surface area contributed by atoms with Crippen molar-refractivity contribution in [1.82, 2.24) is 15.0 Å². The standard InChI is InChI=1S/C45H27N3O2/c1-4-12-28(13-5-1)31-20-22-34-35-23-21-32(26-40(35)50-39(34)25-31)44-46-43(30-16-8-3-9-17-30)47-45(48-44)33-24-37(29-14-6-2-7-15-29)42-36-18-10-11-19-38(36)49-41(42)27-33/h1-27H. The molecule has 0 saturated heterocycles. The first-order valence-electron chi connectivity index (χ1n) is 16.6. The third-order valence-electron chi connectivity index (χ3n) is 9.33. The molecule has 3 heterocycles. The zero-order chi connectivity index (χ0) is 33.0. The van der Waals surface area contributed by atoms with Crippen LogP contribution < -0.4 is 0 Å². The number of nitrogens with zero attached hydrogens (tertiary/aromatic N) is 3. The molecule has 0 bridgehead atoms. The third kappa shape index (κ3) is 4.75. The SMILES string of the molecule is c1ccc(-c2ccc3c(c2)oc2cc(-c4nc(-c5ccccc5)nc(-c5cc(-c6ccccc6)c6c(c5)oc5ccccc56)n4)ccc23)cc1. The first-order chi connectivity index (χ1) is 24.7. The van der Waals surface area contributed by atoms with E-state index in [4.69, 9.17) is 23.8 Å². The molecule has 0 aliphatic rings. The van der Waals surface area contributed by atoms with Crippen LogP contribution in [0.15, 0.2) is 173 Å². The predicted octanol–water partition coefficient (Wildman–Crippen LogP) is 12.0. The second-order valence-corrected chi connectivity index (χ2v) is 12.4. The van der Waals surface area contributed by atoms with Crippen molar-refractivity contribution in [2.24, 2.45) is 0 Å². The van der Waals surface area contributed by atoms with Gasteiger partial charge >= 0.3 is 0 Å². The Kier molecular flexibility index (Phi) is 6.42. The van der Waals surface area contributed by atoms with Gasteiger partial charge in [0.2, 0.25) is 0 Å². The van der Waals surface area contributed by atoms with Gasteiger partial charge in [0, 0.05) is 38.2 Å². The van der Waals surface area contributed by atoms with Crippen LogP contribution in [0.5, 0.6) is 0 Å². The van der Waals surface area contributed by atoms with Crippen LogP contribution in [0.1, 0.15) is 0 Å². The Hall–Kier alpha value is -6.85. The van der Waals surface area contributed by atoms with Gasteiger partial charge in [-0.05, 0) is 64.7 Å². The molecule has 0 radical (unpaired) electrons. The van der Waals surface area contributed by atoms with Crippen molar-refractivity contribution in [1.29, 1.82) is 0 Å². The van der Waals surface area contributed by atoms with Crippen LogP contribution in [0.2, 0.25) is 0 Å². The van der Waals surface area contributed by atoms with Crippen molar-refractivity contribution in [3.63, 3.8) is 0 Å². The smallest absolute Gasteiger partial charge is 0.164 e. The summed E-state index contributed by atoms with van der Waals surface area (Å²) in [5.74, 6) is 1.71. The fourth-order valence-electron chi connectivity index (χ4n) is 6.91. The Morgan fingerprint density at radius 1 is 0.300 bits per heavy atom. The third-order valence-corrected chi connectivity index (χ3v) is 9.33. The van der Waals surface area contributed by atoms with Crippen LogP contribution in [0.3, 0.4) is 0 Å². The maximum Gasteiger partial charge on any atom is 0.164 e. The van der Waals surface area contributed by atoms with Crippen molar-refractivity contribution in [2.45, 2.75) is 0 Å². The average Bonchev–Trinajstić information content (AvgIpc) is 3.76. The summed E-state index contributed by atoms with van der Waals surface area (Å²) in [5, 5.41) is 4.26. The zero-order valence-electron chi connectivity index (χ0n) is 26.7. The van der Waals surface area contributed by atoms with Gasteiger partial charge in [0.1, 0.15) is 22.3 Å². The highest BCUT2D eigenvalue weighted by Gasteiger charge is 2.19. The summed E-state index contributed by atoms with van der Waals surface area (Å²) in [7, 11) is 0. The van der Waals surface area contributed by atoms with Crippen LogP contribution in [0, 0.1) is 0 Å². The van der Waals surface area contributed by atoms with E-state index in [9.17, 15) is 0 Å². The predicted molar refractivity (Wildman–Crippen MR) is 202 cm³/mol. The van der Waals surface area contributed by atoms with Crippen molar-refractivity contribution in [3.05, 3.63) is 164 Å². The summed E-state index contributed by atoms with van der Waals surface area (Å²) >= 11 is 0. The number of hydrogen-bond donors (Lipinski definition) is 0. The average molecular weight is 642 g/mol. The van der Waals surface area contributed by atoms with Crippen molar-refractivity contribution < 1.29 is 8.83 Å². The zero-order valence-corrected chi connectivity index (χ0v) is 26.7. The minimum absolute atomic E-state index is 0.561. The number of hydrogen-bond acceptors (Lipinski definition) is 5. The van der Waals surface area contributed by atoms with E-state index >= 15 is 0 Å². The molecule has 234 valence electrons. The largest absolute Gasteiger partial charge is 0.456 e. The number of rotatable bonds is 5.